The van der Waals surface area contributed by atoms with Crippen LogP contribution in [0.3, 0.4) is 0 Å². The van der Waals surface area contributed by atoms with E-state index in [1.54, 1.807) is 25.1 Å². The van der Waals surface area contributed by atoms with Crippen molar-refractivity contribution in [1.29, 1.82) is 0 Å². The Morgan fingerprint density at radius 2 is 2.10 bits per heavy atom. The number of hydrogen-bond donors (Lipinski definition) is 2. The van der Waals surface area contributed by atoms with Crippen molar-refractivity contribution in [3.63, 3.8) is 0 Å². The zero-order chi connectivity index (χ0) is 14.9. The van der Waals surface area contributed by atoms with Gasteiger partial charge in [0.2, 0.25) is 0 Å². The average molecular weight is 341 g/mol. The Morgan fingerprint density at radius 1 is 1.40 bits per heavy atom. The smallest absolute Gasteiger partial charge is 0.329 e. The number of benzene rings is 1. The second-order valence-electron chi connectivity index (χ2n) is 5.23. The van der Waals surface area contributed by atoms with Crippen LogP contribution in [0.15, 0.2) is 22.7 Å². The molecule has 6 heteroatoms. The number of likely N-dealkylation sites (tertiary alicyclic amines) is 1. The van der Waals surface area contributed by atoms with Gasteiger partial charge >= 0.3 is 5.97 Å². The van der Waals surface area contributed by atoms with E-state index in [2.05, 4.69) is 15.9 Å². The van der Waals surface area contributed by atoms with Gasteiger partial charge in [-0.2, -0.15) is 0 Å². The molecule has 5 nitrogen and oxygen atoms in total. The molecule has 1 heterocycles. The number of nitrogens with zero attached hydrogens (tertiary/aromatic N) is 1. The number of carboxylic acid groups (broad SMARTS) is 1. The second kappa shape index (κ2) is 5.44. The van der Waals surface area contributed by atoms with E-state index in [-0.39, 0.29) is 5.91 Å². The summed E-state index contributed by atoms with van der Waals surface area (Å²) in [5.74, 6) is -1.26. The molecule has 1 fully saturated rings. The van der Waals surface area contributed by atoms with Crippen LogP contribution >= 0.6 is 15.9 Å². The third-order valence-corrected chi connectivity index (χ3v) is 4.51. The first-order valence-corrected chi connectivity index (χ1v) is 7.26. The van der Waals surface area contributed by atoms with Gasteiger partial charge < -0.3 is 15.7 Å². The van der Waals surface area contributed by atoms with Crippen LogP contribution in [-0.2, 0) is 4.79 Å². The maximum Gasteiger partial charge on any atom is 0.329 e. The van der Waals surface area contributed by atoms with Gasteiger partial charge in [0.15, 0.2) is 0 Å². The molecule has 0 aromatic heterocycles. The molecule has 1 aromatic carbocycles. The normalized spacial score (nSPS) is 22.6. The van der Waals surface area contributed by atoms with Gasteiger partial charge in [0.05, 0.1) is 5.56 Å². The number of carboxylic acids is 1. The molecule has 2 rings (SSSR count). The third-order valence-electron chi connectivity index (χ3n) is 3.82. The van der Waals surface area contributed by atoms with Gasteiger partial charge in [-0.15, -0.1) is 0 Å². The standard InChI is InChI=1S/C14H17BrN2O3/c1-14(13(19)20)6-2-3-7-17(14)12(18)10-8-9(16)4-5-11(10)15/h4-5,8H,2-3,6-7,16H2,1H3,(H,19,20). The Balaban J connectivity index is 2.40. The summed E-state index contributed by atoms with van der Waals surface area (Å²) in [6.45, 7) is 2.05. The first-order chi connectivity index (χ1) is 9.36. The van der Waals surface area contributed by atoms with Crippen molar-refractivity contribution in [2.24, 2.45) is 0 Å². The maximum absolute atomic E-state index is 12.7. The van der Waals surface area contributed by atoms with E-state index >= 15 is 0 Å². The van der Waals surface area contributed by atoms with E-state index in [0.717, 1.165) is 12.8 Å². The van der Waals surface area contributed by atoms with Gasteiger partial charge in [-0.3, -0.25) is 4.79 Å². The molecule has 1 aromatic rings. The van der Waals surface area contributed by atoms with Crippen LogP contribution in [0.2, 0.25) is 0 Å². The van der Waals surface area contributed by atoms with E-state index in [4.69, 9.17) is 5.73 Å². The minimum Gasteiger partial charge on any atom is -0.480 e. The molecular formula is C14H17BrN2O3. The highest BCUT2D eigenvalue weighted by molar-refractivity contribution is 9.10. The number of aliphatic carboxylic acids is 1. The lowest BCUT2D eigenvalue weighted by Crippen LogP contribution is -2.57. The van der Waals surface area contributed by atoms with Crippen molar-refractivity contribution in [2.45, 2.75) is 31.7 Å². The second-order valence-corrected chi connectivity index (χ2v) is 6.09. The summed E-state index contributed by atoms with van der Waals surface area (Å²) in [5.41, 5.74) is 5.44. The number of nitrogen functional groups attached to an aromatic ring is 1. The van der Waals surface area contributed by atoms with Gasteiger partial charge in [0.1, 0.15) is 5.54 Å². The fourth-order valence-corrected chi connectivity index (χ4v) is 2.94. The minimum atomic E-state index is -1.15. The molecule has 0 aliphatic carbocycles. The molecular weight excluding hydrogens is 324 g/mol. The van der Waals surface area contributed by atoms with Gasteiger partial charge in [-0.1, -0.05) is 0 Å². The van der Waals surface area contributed by atoms with Crippen LogP contribution in [0.1, 0.15) is 36.5 Å². The Hall–Kier alpha value is -1.56. The van der Waals surface area contributed by atoms with Crippen LogP contribution in [0.5, 0.6) is 0 Å². The number of carbonyl (C=O) groups excluding carboxylic acids is 1. The van der Waals surface area contributed by atoms with Crippen molar-refractivity contribution in [1.82, 2.24) is 4.90 Å². The number of carbonyl (C=O) groups is 2. The molecule has 20 heavy (non-hydrogen) atoms. The van der Waals surface area contributed by atoms with E-state index in [1.165, 1.54) is 4.90 Å². The number of amides is 1. The van der Waals surface area contributed by atoms with Crippen LogP contribution in [0, 0.1) is 0 Å². The summed E-state index contributed by atoms with van der Waals surface area (Å²) in [7, 11) is 0. The zero-order valence-electron chi connectivity index (χ0n) is 11.2. The quantitative estimate of drug-likeness (QED) is 0.810. The van der Waals surface area contributed by atoms with Crippen molar-refractivity contribution >= 4 is 33.5 Å². The van der Waals surface area contributed by atoms with Crippen LogP contribution < -0.4 is 5.73 Å². The van der Waals surface area contributed by atoms with Crippen molar-refractivity contribution in [3.05, 3.63) is 28.2 Å². The van der Waals surface area contributed by atoms with Gasteiger partial charge in [0.25, 0.3) is 5.91 Å². The molecule has 0 radical (unpaired) electrons. The highest BCUT2D eigenvalue weighted by atomic mass is 79.9. The third kappa shape index (κ3) is 2.52. The topological polar surface area (TPSA) is 83.6 Å². The van der Waals surface area contributed by atoms with Crippen molar-refractivity contribution in [3.8, 4) is 0 Å². The summed E-state index contributed by atoms with van der Waals surface area (Å²) < 4.78 is 0.620. The van der Waals surface area contributed by atoms with Crippen LogP contribution in [-0.4, -0.2) is 34.0 Å². The fraction of sp³-hybridized carbons (Fsp3) is 0.429. The average Bonchev–Trinajstić information content (AvgIpc) is 2.41. The molecule has 0 bridgehead atoms. The van der Waals surface area contributed by atoms with Crippen LogP contribution in [0.4, 0.5) is 5.69 Å². The first-order valence-electron chi connectivity index (χ1n) is 6.46. The predicted octanol–water partition coefficient (Wildman–Crippen LogP) is 2.50. The zero-order valence-corrected chi connectivity index (χ0v) is 12.8. The molecule has 1 unspecified atom stereocenters. The lowest BCUT2D eigenvalue weighted by atomic mass is 9.88. The van der Waals surface area contributed by atoms with Gasteiger partial charge in [0, 0.05) is 16.7 Å². The lowest BCUT2D eigenvalue weighted by Gasteiger charge is -2.41. The summed E-state index contributed by atoms with van der Waals surface area (Å²) in [4.78, 5) is 25.7. The van der Waals surface area contributed by atoms with E-state index in [1.807, 2.05) is 0 Å². The Bertz CT molecular complexity index is 561. The summed E-state index contributed by atoms with van der Waals surface area (Å²) in [5, 5.41) is 9.46. The SMILES string of the molecule is CC1(C(=O)O)CCCCN1C(=O)c1cc(N)ccc1Br. The van der Waals surface area contributed by atoms with Gasteiger partial charge in [-0.05, 0) is 60.3 Å². The predicted molar refractivity (Wildman–Crippen MR) is 79.5 cm³/mol. The first kappa shape index (κ1) is 14.8. The van der Waals surface area contributed by atoms with E-state index in [0.29, 0.717) is 28.7 Å². The Morgan fingerprint density at radius 3 is 2.75 bits per heavy atom. The Labute approximate surface area is 125 Å². The molecule has 3 N–H and O–H groups in total. The lowest BCUT2D eigenvalue weighted by molar-refractivity contribution is -0.150. The monoisotopic (exact) mass is 340 g/mol. The molecule has 0 spiro atoms. The minimum absolute atomic E-state index is 0.297. The summed E-state index contributed by atoms with van der Waals surface area (Å²) in [6.07, 6.45) is 2.09. The molecule has 0 saturated carbocycles. The highest BCUT2D eigenvalue weighted by Crippen LogP contribution is 2.31. The van der Waals surface area contributed by atoms with Gasteiger partial charge in [-0.25, -0.2) is 4.79 Å². The maximum atomic E-state index is 12.7. The highest BCUT2D eigenvalue weighted by Gasteiger charge is 2.44. The number of hydrogen-bond acceptors (Lipinski definition) is 3. The molecule has 1 aliphatic heterocycles. The molecule has 1 atom stereocenters. The number of nitrogens with two attached hydrogens (primary N) is 1. The summed E-state index contributed by atoms with van der Waals surface area (Å²) >= 11 is 3.32. The summed E-state index contributed by atoms with van der Waals surface area (Å²) in [6, 6.07) is 4.96. The van der Waals surface area contributed by atoms with E-state index < -0.39 is 11.5 Å². The number of piperidine rings is 1. The largest absolute Gasteiger partial charge is 0.480 e. The Kier molecular flexibility index (Phi) is 4.04. The van der Waals surface area contributed by atoms with Crippen molar-refractivity contribution < 1.29 is 14.7 Å². The molecule has 1 amide bonds. The van der Waals surface area contributed by atoms with Crippen LogP contribution in [0.25, 0.3) is 0 Å². The number of anilines is 1. The molecule has 1 aliphatic rings. The fourth-order valence-electron chi connectivity index (χ4n) is 2.52. The van der Waals surface area contributed by atoms with Crippen molar-refractivity contribution in [2.75, 3.05) is 12.3 Å². The number of rotatable bonds is 2. The molecule has 1 saturated heterocycles. The molecule has 108 valence electrons. The number of halogens is 1. The van der Waals surface area contributed by atoms with E-state index in [9.17, 15) is 14.7 Å².